The number of hydrogen-bond donors (Lipinski definition) is 2. The van der Waals surface area contributed by atoms with Crippen LogP contribution in [-0.2, 0) is 19.1 Å². The second kappa shape index (κ2) is 34.7. The average molecular weight is 640 g/mol. The van der Waals surface area contributed by atoms with Crippen molar-refractivity contribution < 1.29 is 24.2 Å². The molecule has 260 valence electrons. The van der Waals surface area contributed by atoms with Crippen LogP contribution in [0.2, 0.25) is 0 Å². The molecule has 46 heavy (non-hydrogen) atoms. The molecule has 0 spiro atoms. The second-order valence-corrected chi connectivity index (χ2v) is 11.7. The number of aliphatic carboxylic acids is 1. The molecule has 1 atom stereocenters. The Labute approximate surface area is 281 Å². The Morgan fingerprint density at radius 3 is 1.65 bits per heavy atom. The van der Waals surface area contributed by atoms with Crippen LogP contribution in [0.5, 0.6) is 0 Å². The summed E-state index contributed by atoms with van der Waals surface area (Å²) < 4.78 is 5.87. The summed E-state index contributed by atoms with van der Waals surface area (Å²) in [5.74, 6) is -1.33. The average Bonchev–Trinajstić information content (AvgIpc) is 3.04. The van der Waals surface area contributed by atoms with E-state index in [2.05, 4.69) is 86.0 Å². The van der Waals surface area contributed by atoms with Gasteiger partial charge in [-0.25, -0.2) is 0 Å². The fraction of sp³-hybridized carbons (Fsp3) is 0.625. The normalized spacial score (nSPS) is 12.9. The lowest BCUT2D eigenvalue weighted by Crippen LogP contribution is -2.28. The van der Waals surface area contributed by atoms with Crippen LogP contribution in [0.25, 0.3) is 0 Å². The zero-order chi connectivity index (χ0) is 33.8. The van der Waals surface area contributed by atoms with Crippen LogP contribution in [-0.4, -0.2) is 35.6 Å². The molecule has 0 aliphatic rings. The zero-order valence-corrected chi connectivity index (χ0v) is 29.1. The SMILES string of the molecule is CC/C=C\C/C=C\C/C=C\CCCCCCCC(=O)OC(/C=C\C/C=C\C/C=C\CC)CCCCCCCCC(=O)NCC(=O)O. The van der Waals surface area contributed by atoms with E-state index in [1.165, 1.54) is 12.8 Å². The quantitative estimate of drug-likeness (QED) is 0.0447. The molecule has 1 unspecified atom stereocenters. The molecular formula is C40H65NO5. The molecule has 0 rings (SSSR count). The highest BCUT2D eigenvalue weighted by molar-refractivity contribution is 5.80. The van der Waals surface area contributed by atoms with Crippen LogP contribution in [0.1, 0.15) is 149 Å². The van der Waals surface area contributed by atoms with Crippen molar-refractivity contribution in [1.82, 2.24) is 5.32 Å². The standard InChI is InChI=1S/C40H65NO5/c1-3-5-7-9-11-13-14-15-16-17-18-19-21-27-31-35-40(45)46-37(32-28-24-20-12-10-8-6-4-2)33-29-25-22-23-26-30-34-38(42)41-36-39(43)44/h5-8,11-13,15-16,20,28,32,37H,3-4,9-10,14,17-19,21-27,29-31,33-36H2,1-2H3,(H,41,42)(H,43,44)/b7-5-,8-6-,13-11-,16-15-,20-12-,32-28-. The monoisotopic (exact) mass is 639 g/mol. The molecule has 1 amide bonds. The third-order valence-electron chi connectivity index (χ3n) is 7.36. The van der Waals surface area contributed by atoms with Crippen LogP contribution in [0.3, 0.4) is 0 Å². The highest BCUT2D eigenvalue weighted by Crippen LogP contribution is 2.15. The molecular weight excluding hydrogens is 574 g/mol. The first-order valence-electron chi connectivity index (χ1n) is 18.1. The number of rotatable bonds is 31. The molecule has 6 nitrogen and oxygen atoms in total. The molecule has 0 aromatic heterocycles. The number of hydrogen-bond acceptors (Lipinski definition) is 4. The van der Waals surface area contributed by atoms with Gasteiger partial charge in [0.25, 0.3) is 0 Å². The van der Waals surface area contributed by atoms with E-state index in [4.69, 9.17) is 9.84 Å². The Morgan fingerprint density at radius 1 is 0.587 bits per heavy atom. The van der Waals surface area contributed by atoms with Crippen molar-refractivity contribution >= 4 is 17.8 Å². The first-order chi connectivity index (χ1) is 22.5. The zero-order valence-electron chi connectivity index (χ0n) is 29.1. The minimum atomic E-state index is -1.02. The molecule has 0 aromatic rings. The van der Waals surface area contributed by atoms with Gasteiger partial charge in [0.2, 0.25) is 5.91 Å². The van der Waals surface area contributed by atoms with Crippen LogP contribution in [0.4, 0.5) is 0 Å². The highest BCUT2D eigenvalue weighted by Gasteiger charge is 2.11. The van der Waals surface area contributed by atoms with E-state index >= 15 is 0 Å². The fourth-order valence-electron chi connectivity index (χ4n) is 4.75. The largest absolute Gasteiger partial charge is 0.480 e. The number of carbonyl (C=O) groups excluding carboxylic acids is 2. The molecule has 0 fully saturated rings. The third-order valence-corrected chi connectivity index (χ3v) is 7.36. The van der Waals surface area contributed by atoms with Crippen molar-refractivity contribution in [2.24, 2.45) is 0 Å². The summed E-state index contributed by atoms with van der Waals surface area (Å²) in [6, 6.07) is 0. The van der Waals surface area contributed by atoms with Gasteiger partial charge in [-0.3, -0.25) is 14.4 Å². The van der Waals surface area contributed by atoms with Gasteiger partial charge < -0.3 is 15.2 Å². The number of carboxylic acids is 1. The number of esters is 1. The van der Waals surface area contributed by atoms with Gasteiger partial charge in [0.1, 0.15) is 12.6 Å². The van der Waals surface area contributed by atoms with E-state index in [0.29, 0.717) is 12.8 Å². The lowest BCUT2D eigenvalue weighted by atomic mass is 10.1. The predicted octanol–water partition coefficient (Wildman–Crippen LogP) is 10.7. The van der Waals surface area contributed by atoms with Crippen molar-refractivity contribution in [1.29, 1.82) is 0 Å². The first kappa shape index (κ1) is 42.9. The molecule has 6 heteroatoms. The van der Waals surface area contributed by atoms with E-state index < -0.39 is 5.97 Å². The van der Waals surface area contributed by atoms with Crippen LogP contribution in [0.15, 0.2) is 72.9 Å². The van der Waals surface area contributed by atoms with Gasteiger partial charge in [0.15, 0.2) is 0 Å². The maximum Gasteiger partial charge on any atom is 0.322 e. The summed E-state index contributed by atoms with van der Waals surface area (Å²) in [6.07, 6.45) is 46.1. The molecule has 0 aromatic carbocycles. The Morgan fingerprint density at radius 2 is 1.07 bits per heavy atom. The Hall–Kier alpha value is -3.15. The summed E-state index contributed by atoms with van der Waals surface area (Å²) in [5.41, 5.74) is 0. The third kappa shape index (κ3) is 33.7. The molecule has 0 bridgehead atoms. The Bertz CT molecular complexity index is 928. The number of amides is 1. The lowest BCUT2D eigenvalue weighted by molar-refractivity contribution is -0.147. The Balaban J connectivity index is 4.25. The maximum absolute atomic E-state index is 12.6. The smallest absolute Gasteiger partial charge is 0.322 e. The number of carbonyl (C=O) groups is 3. The van der Waals surface area contributed by atoms with Crippen LogP contribution >= 0.6 is 0 Å². The van der Waals surface area contributed by atoms with Gasteiger partial charge >= 0.3 is 11.9 Å². The molecule has 0 radical (unpaired) electrons. The van der Waals surface area contributed by atoms with Crippen molar-refractivity contribution in [3.8, 4) is 0 Å². The number of nitrogens with one attached hydrogen (secondary N) is 1. The molecule has 0 saturated heterocycles. The predicted molar refractivity (Wildman–Crippen MR) is 194 cm³/mol. The van der Waals surface area contributed by atoms with E-state index in [1.54, 1.807) is 0 Å². The van der Waals surface area contributed by atoms with Gasteiger partial charge in [-0.2, -0.15) is 0 Å². The van der Waals surface area contributed by atoms with E-state index in [1.807, 2.05) is 6.08 Å². The van der Waals surface area contributed by atoms with Gasteiger partial charge in [-0.05, 0) is 83.1 Å². The van der Waals surface area contributed by atoms with Gasteiger partial charge in [0.05, 0.1) is 0 Å². The van der Waals surface area contributed by atoms with Crippen molar-refractivity contribution in [3.63, 3.8) is 0 Å². The van der Waals surface area contributed by atoms with Crippen molar-refractivity contribution in [2.45, 2.75) is 155 Å². The Kier molecular flexibility index (Phi) is 32.3. The van der Waals surface area contributed by atoms with Gasteiger partial charge in [0, 0.05) is 12.8 Å². The summed E-state index contributed by atoms with van der Waals surface area (Å²) in [4.78, 5) is 34.7. The fourth-order valence-corrected chi connectivity index (χ4v) is 4.75. The summed E-state index contributed by atoms with van der Waals surface area (Å²) >= 11 is 0. The minimum Gasteiger partial charge on any atom is -0.480 e. The van der Waals surface area contributed by atoms with Crippen LogP contribution < -0.4 is 5.32 Å². The number of allylic oxidation sites excluding steroid dienone is 11. The van der Waals surface area contributed by atoms with Crippen LogP contribution in [0, 0.1) is 0 Å². The second-order valence-electron chi connectivity index (χ2n) is 11.7. The highest BCUT2D eigenvalue weighted by atomic mass is 16.5. The number of ether oxygens (including phenoxy) is 1. The number of carboxylic acid groups (broad SMARTS) is 1. The molecule has 0 saturated carbocycles. The molecule has 0 aliphatic heterocycles. The van der Waals surface area contributed by atoms with Crippen molar-refractivity contribution in [2.75, 3.05) is 6.54 Å². The summed E-state index contributed by atoms with van der Waals surface area (Å²) in [6.45, 7) is 3.96. The van der Waals surface area contributed by atoms with Gasteiger partial charge in [-0.1, -0.05) is 126 Å². The topological polar surface area (TPSA) is 92.7 Å². The summed E-state index contributed by atoms with van der Waals surface area (Å²) in [5, 5.41) is 11.0. The van der Waals surface area contributed by atoms with Crippen molar-refractivity contribution in [3.05, 3.63) is 72.9 Å². The van der Waals surface area contributed by atoms with E-state index in [-0.39, 0.29) is 24.5 Å². The van der Waals surface area contributed by atoms with Gasteiger partial charge in [-0.15, -0.1) is 0 Å². The number of unbranched alkanes of at least 4 members (excludes halogenated alkanes) is 10. The molecule has 0 heterocycles. The lowest BCUT2D eigenvalue weighted by Gasteiger charge is -2.14. The maximum atomic E-state index is 12.6. The minimum absolute atomic E-state index is 0.0998. The molecule has 2 N–H and O–H groups in total. The molecule has 0 aliphatic carbocycles. The first-order valence-corrected chi connectivity index (χ1v) is 18.1. The van der Waals surface area contributed by atoms with E-state index in [9.17, 15) is 14.4 Å². The van der Waals surface area contributed by atoms with E-state index in [0.717, 1.165) is 109 Å². The summed E-state index contributed by atoms with van der Waals surface area (Å²) in [7, 11) is 0.